The smallest absolute Gasteiger partial charge is 0.238 e. The molecule has 0 fully saturated rings. The molecule has 19 heavy (non-hydrogen) atoms. The lowest BCUT2D eigenvalue weighted by atomic mass is 10.3. The van der Waals surface area contributed by atoms with Crippen LogP contribution in [0.2, 0.25) is 0 Å². The third kappa shape index (κ3) is 4.46. The number of hydrogen-bond acceptors (Lipinski definition) is 5. The normalized spacial score (nSPS) is 10.4. The average molecular weight is 325 g/mol. The zero-order chi connectivity index (χ0) is 13.7. The van der Waals surface area contributed by atoms with E-state index in [1.54, 1.807) is 6.92 Å². The molecule has 0 atom stereocenters. The van der Waals surface area contributed by atoms with E-state index in [0.29, 0.717) is 18.3 Å². The third-order valence-electron chi connectivity index (χ3n) is 2.25. The van der Waals surface area contributed by atoms with Crippen LogP contribution in [0.4, 0.5) is 5.69 Å². The lowest BCUT2D eigenvalue weighted by molar-refractivity contribution is -0.115. The van der Waals surface area contributed by atoms with Crippen LogP contribution in [0.3, 0.4) is 0 Å². The van der Waals surface area contributed by atoms with Crippen molar-refractivity contribution in [1.29, 1.82) is 0 Å². The monoisotopic (exact) mass is 324 g/mol. The summed E-state index contributed by atoms with van der Waals surface area (Å²) in [5.41, 5.74) is 0.747. The molecule has 100 valence electrons. The summed E-state index contributed by atoms with van der Waals surface area (Å²) in [7, 11) is 0. The summed E-state index contributed by atoms with van der Waals surface area (Å²) in [4.78, 5) is 15.7. The van der Waals surface area contributed by atoms with Crippen LogP contribution in [-0.4, -0.2) is 22.6 Å². The van der Waals surface area contributed by atoms with Crippen LogP contribution in [0.25, 0.3) is 0 Å². The summed E-state index contributed by atoms with van der Waals surface area (Å²) in [5, 5.41) is 9.44. The molecule has 1 amide bonds. The number of nitrogens with zero attached hydrogens (tertiary/aromatic N) is 2. The fourth-order valence-electron chi connectivity index (χ4n) is 1.47. The molecule has 2 aromatic rings. The Labute approximate surface area is 118 Å². The quantitative estimate of drug-likeness (QED) is 0.877. The summed E-state index contributed by atoms with van der Waals surface area (Å²) < 4.78 is 5.74. The van der Waals surface area contributed by atoms with E-state index in [1.165, 1.54) is 0 Å². The first-order chi connectivity index (χ1) is 9.13. The molecule has 2 rings (SSSR count). The topological polar surface area (TPSA) is 80.0 Å². The van der Waals surface area contributed by atoms with Gasteiger partial charge in [-0.2, -0.15) is 4.98 Å². The Hall–Kier alpha value is -1.73. The number of hydrogen-bond donors (Lipinski definition) is 2. The van der Waals surface area contributed by atoms with Gasteiger partial charge in [0.05, 0.1) is 13.1 Å². The molecule has 6 nitrogen and oxygen atoms in total. The predicted octanol–water partition coefficient (Wildman–Crippen LogP) is 1.87. The second-order valence-corrected chi connectivity index (χ2v) is 4.81. The minimum absolute atomic E-state index is 0.127. The van der Waals surface area contributed by atoms with Crippen molar-refractivity contribution < 1.29 is 9.32 Å². The molecule has 1 heterocycles. The maximum atomic E-state index is 11.7. The molecular formula is C12H13BrN4O2. The number of aryl methyl sites for hydroxylation is 1. The lowest BCUT2D eigenvalue weighted by Gasteiger charge is -2.05. The van der Waals surface area contributed by atoms with E-state index < -0.39 is 0 Å². The van der Waals surface area contributed by atoms with Crippen LogP contribution < -0.4 is 10.6 Å². The number of aromatic nitrogens is 2. The molecule has 0 radical (unpaired) electrons. The van der Waals surface area contributed by atoms with Gasteiger partial charge in [-0.25, -0.2) is 0 Å². The highest BCUT2D eigenvalue weighted by molar-refractivity contribution is 9.10. The molecular weight excluding hydrogens is 312 g/mol. The number of halogens is 1. The zero-order valence-electron chi connectivity index (χ0n) is 10.3. The minimum Gasteiger partial charge on any atom is -0.340 e. The highest BCUT2D eigenvalue weighted by Crippen LogP contribution is 2.15. The molecule has 0 aliphatic rings. The van der Waals surface area contributed by atoms with Crippen LogP contribution in [0.1, 0.15) is 11.7 Å². The first-order valence-electron chi connectivity index (χ1n) is 5.69. The Morgan fingerprint density at radius 3 is 3.00 bits per heavy atom. The van der Waals surface area contributed by atoms with Gasteiger partial charge in [0.15, 0.2) is 5.82 Å². The molecule has 1 aromatic carbocycles. The predicted molar refractivity (Wildman–Crippen MR) is 73.5 cm³/mol. The molecule has 1 aromatic heterocycles. The van der Waals surface area contributed by atoms with Crippen molar-refractivity contribution in [2.24, 2.45) is 0 Å². The first kappa shape index (κ1) is 13.7. The Balaban J connectivity index is 1.76. The average Bonchev–Trinajstić information content (AvgIpc) is 2.75. The number of anilines is 1. The molecule has 0 aliphatic carbocycles. The van der Waals surface area contributed by atoms with E-state index >= 15 is 0 Å². The molecule has 0 saturated carbocycles. The molecule has 0 unspecified atom stereocenters. The highest BCUT2D eigenvalue weighted by Gasteiger charge is 2.05. The van der Waals surface area contributed by atoms with Crippen LogP contribution in [0.5, 0.6) is 0 Å². The molecule has 0 saturated heterocycles. The fourth-order valence-corrected chi connectivity index (χ4v) is 1.87. The third-order valence-corrected chi connectivity index (χ3v) is 2.74. The first-order valence-corrected chi connectivity index (χ1v) is 6.48. The fraction of sp³-hybridized carbons (Fsp3) is 0.250. The van der Waals surface area contributed by atoms with Gasteiger partial charge < -0.3 is 15.2 Å². The Kier molecular flexibility index (Phi) is 4.64. The zero-order valence-corrected chi connectivity index (χ0v) is 11.9. The Morgan fingerprint density at radius 2 is 2.32 bits per heavy atom. The summed E-state index contributed by atoms with van der Waals surface area (Å²) in [6, 6.07) is 7.41. The summed E-state index contributed by atoms with van der Waals surface area (Å²) >= 11 is 3.34. The van der Waals surface area contributed by atoms with Crippen molar-refractivity contribution >= 4 is 27.5 Å². The number of rotatable bonds is 5. The van der Waals surface area contributed by atoms with E-state index in [4.69, 9.17) is 4.52 Å². The SMILES string of the molecule is Cc1nc(CNCC(=O)Nc2cccc(Br)c2)no1. The number of amides is 1. The van der Waals surface area contributed by atoms with Crippen molar-refractivity contribution in [3.63, 3.8) is 0 Å². The van der Waals surface area contributed by atoms with Crippen molar-refractivity contribution in [2.75, 3.05) is 11.9 Å². The van der Waals surface area contributed by atoms with Gasteiger partial charge in [0.2, 0.25) is 11.8 Å². The largest absolute Gasteiger partial charge is 0.340 e. The molecule has 0 spiro atoms. The van der Waals surface area contributed by atoms with Crippen molar-refractivity contribution in [3.05, 3.63) is 40.5 Å². The summed E-state index contributed by atoms with van der Waals surface area (Å²) in [6.07, 6.45) is 0. The van der Waals surface area contributed by atoms with Gasteiger partial charge in [-0.15, -0.1) is 0 Å². The van der Waals surface area contributed by atoms with Gasteiger partial charge in [-0.05, 0) is 18.2 Å². The number of carbonyl (C=O) groups is 1. The van der Waals surface area contributed by atoms with Crippen molar-refractivity contribution in [1.82, 2.24) is 15.5 Å². The standard InChI is InChI=1S/C12H13BrN4O2/c1-8-15-11(17-19-8)6-14-7-12(18)16-10-4-2-3-9(13)5-10/h2-5,14H,6-7H2,1H3,(H,16,18). The van der Waals surface area contributed by atoms with Crippen LogP contribution >= 0.6 is 15.9 Å². The van der Waals surface area contributed by atoms with Crippen molar-refractivity contribution in [2.45, 2.75) is 13.5 Å². The van der Waals surface area contributed by atoms with Gasteiger partial charge in [-0.1, -0.05) is 27.2 Å². The number of nitrogens with one attached hydrogen (secondary N) is 2. The van der Waals surface area contributed by atoms with E-state index in [-0.39, 0.29) is 12.5 Å². The molecule has 2 N–H and O–H groups in total. The van der Waals surface area contributed by atoms with Gasteiger partial charge in [0.1, 0.15) is 0 Å². The van der Waals surface area contributed by atoms with E-state index in [0.717, 1.165) is 10.2 Å². The van der Waals surface area contributed by atoms with E-state index in [9.17, 15) is 4.79 Å². The highest BCUT2D eigenvalue weighted by atomic mass is 79.9. The molecule has 0 aliphatic heterocycles. The van der Waals surface area contributed by atoms with Crippen LogP contribution in [0.15, 0.2) is 33.3 Å². The maximum absolute atomic E-state index is 11.7. The lowest BCUT2D eigenvalue weighted by Crippen LogP contribution is -2.28. The Bertz CT molecular complexity index is 570. The molecule has 7 heteroatoms. The van der Waals surface area contributed by atoms with E-state index in [1.807, 2.05) is 24.3 Å². The summed E-state index contributed by atoms with van der Waals surface area (Å²) in [5.74, 6) is 0.918. The number of benzene rings is 1. The second-order valence-electron chi connectivity index (χ2n) is 3.89. The Morgan fingerprint density at radius 1 is 1.47 bits per heavy atom. The minimum atomic E-state index is -0.127. The molecule has 0 bridgehead atoms. The van der Waals surface area contributed by atoms with Gasteiger partial charge in [-0.3, -0.25) is 4.79 Å². The van der Waals surface area contributed by atoms with Crippen molar-refractivity contribution in [3.8, 4) is 0 Å². The van der Waals surface area contributed by atoms with Crippen LogP contribution in [-0.2, 0) is 11.3 Å². The van der Waals surface area contributed by atoms with Crippen LogP contribution in [0, 0.1) is 6.92 Å². The number of carbonyl (C=O) groups excluding carboxylic acids is 1. The maximum Gasteiger partial charge on any atom is 0.238 e. The van der Waals surface area contributed by atoms with Gasteiger partial charge in [0, 0.05) is 17.1 Å². The van der Waals surface area contributed by atoms with Gasteiger partial charge >= 0.3 is 0 Å². The van der Waals surface area contributed by atoms with Gasteiger partial charge in [0.25, 0.3) is 0 Å². The second kappa shape index (κ2) is 6.44. The summed E-state index contributed by atoms with van der Waals surface area (Å²) in [6.45, 7) is 2.29. The van der Waals surface area contributed by atoms with E-state index in [2.05, 4.69) is 36.7 Å².